The Balaban J connectivity index is 1.56. The summed E-state index contributed by atoms with van der Waals surface area (Å²) in [6, 6.07) is -0.646. The molecule has 0 saturated carbocycles. The van der Waals surface area contributed by atoms with Crippen LogP contribution < -0.4 is 5.73 Å². The zero-order valence-corrected chi connectivity index (χ0v) is 13.6. The molecule has 2 atom stereocenters. The second-order valence-corrected chi connectivity index (χ2v) is 6.53. The number of nitrogens with zero attached hydrogens (tertiary/aromatic N) is 4. The first-order valence-corrected chi connectivity index (χ1v) is 8.45. The number of nitrogens with two attached hydrogens (primary N) is 1. The molecule has 0 radical (unpaired) electrons. The van der Waals surface area contributed by atoms with Crippen molar-refractivity contribution >= 4 is 11.9 Å². The van der Waals surface area contributed by atoms with Gasteiger partial charge in [0.05, 0.1) is 12.6 Å². The Kier molecular flexibility index (Phi) is 4.94. The van der Waals surface area contributed by atoms with Crippen molar-refractivity contribution in [2.24, 2.45) is 11.7 Å². The molecular formula is C16H23N5O3. The van der Waals surface area contributed by atoms with Crippen molar-refractivity contribution in [2.75, 3.05) is 13.1 Å². The Morgan fingerprint density at radius 2 is 2.33 bits per heavy atom. The summed E-state index contributed by atoms with van der Waals surface area (Å²) in [6.07, 6.45) is 10.1. The zero-order valence-electron chi connectivity index (χ0n) is 13.6. The molecule has 2 unspecified atom stereocenters. The molecule has 1 aliphatic heterocycles. The first-order valence-electron chi connectivity index (χ1n) is 8.45. The lowest BCUT2D eigenvalue weighted by molar-refractivity contribution is -0.396. The van der Waals surface area contributed by atoms with Crippen LogP contribution in [0.4, 0.5) is 5.95 Å². The highest BCUT2D eigenvalue weighted by Gasteiger charge is 2.30. The third kappa shape index (κ3) is 3.48. The molecule has 3 rings (SSSR count). The number of nitro groups is 1. The Bertz CT molecular complexity index is 654. The van der Waals surface area contributed by atoms with Gasteiger partial charge in [-0.05, 0) is 36.5 Å². The van der Waals surface area contributed by atoms with Gasteiger partial charge in [-0.2, -0.15) is 0 Å². The number of hydrogen-bond acceptors (Lipinski definition) is 5. The minimum Gasteiger partial charge on any atom is -0.390 e. The van der Waals surface area contributed by atoms with Crippen LogP contribution in [0.1, 0.15) is 32.1 Å². The number of fused-ring (bicyclic) bond motifs is 1. The first-order chi connectivity index (χ1) is 11.6. The predicted octanol–water partition coefficient (Wildman–Crippen LogP) is 1.47. The van der Waals surface area contributed by atoms with Crippen molar-refractivity contribution in [2.45, 2.75) is 44.7 Å². The second kappa shape index (κ2) is 7.12. The maximum absolute atomic E-state index is 12.6. The van der Waals surface area contributed by atoms with E-state index in [0.29, 0.717) is 25.4 Å². The summed E-state index contributed by atoms with van der Waals surface area (Å²) in [6.45, 7) is 1.74. The maximum atomic E-state index is 12.6. The third-order valence-electron chi connectivity index (χ3n) is 4.98. The van der Waals surface area contributed by atoms with Crippen molar-refractivity contribution in [1.29, 1.82) is 0 Å². The molecule has 2 heterocycles. The standard InChI is InChI=1S/C16H23N5O3/c17-14(6-9-19-10-7-18-16(19)21(23)24)15(22)20-8-5-12-3-1-2-4-13(12)11-20/h4,7,10,12,14H,1-3,5-6,8-9,11,17H2. The van der Waals surface area contributed by atoms with Gasteiger partial charge in [0.15, 0.2) is 0 Å². The van der Waals surface area contributed by atoms with Gasteiger partial charge in [-0.3, -0.25) is 4.79 Å². The number of allylic oxidation sites excluding steroid dienone is 1. The van der Waals surface area contributed by atoms with E-state index in [2.05, 4.69) is 11.1 Å². The van der Waals surface area contributed by atoms with Crippen molar-refractivity contribution in [3.05, 3.63) is 34.2 Å². The van der Waals surface area contributed by atoms with Gasteiger partial charge in [0.2, 0.25) is 5.91 Å². The van der Waals surface area contributed by atoms with E-state index < -0.39 is 11.0 Å². The van der Waals surface area contributed by atoms with E-state index in [-0.39, 0.29) is 11.9 Å². The molecule has 130 valence electrons. The lowest BCUT2D eigenvalue weighted by Gasteiger charge is -2.37. The topological polar surface area (TPSA) is 107 Å². The lowest BCUT2D eigenvalue weighted by atomic mass is 9.82. The SMILES string of the molecule is NC(CCn1ccnc1[N+](=O)[O-])C(=O)N1CCC2CCCC=C2C1. The van der Waals surface area contributed by atoms with E-state index in [0.717, 1.165) is 19.4 Å². The molecule has 1 saturated heterocycles. The fraction of sp³-hybridized carbons (Fsp3) is 0.625. The fourth-order valence-corrected chi connectivity index (χ4v) is 3.61. The number of aryl methyl sites for hydroxylation is 1. The van der Waals surface area contributed by atoms with Gasteiger partial charge in [0, 0.05) is 19.5 Å². The summed E-state index contributed by atoms with van der Waals surface area (Å²) in [5.41, 5.74) is 7.42. The van der Waals surface area contributed by atoms with E-state index in [1.54, 1.807) is 0 Å². The molecule has 2 N–H and O–H groups in total. The molecule has 1 fully saturated rings. The summed E-state index contributed by atoms with van der Waals surface area (Å²) in [4.78, 5) is 28.4. The normalized spacial score (nSPS) is 21.8. The second-order valence-electron chi connectivity index (χ2n) is 6.53. The van der Waals surface area contributed by atoms with Gasteiger partial charge in [0.1, 0.15) is 12.4 Å². The number of imidazole rings is 1. The van der Waals surface area contributed by atoms with E-state index in [1.165, 1.54) is 35.4 Å². The van der Waals surface area contributed by atoms with Crippen LogP contribution in [-0.4, -0.2) is 44.4 Å². The number of rotatable bonds is 5. The summed E-state index contributed by atoms with van der Waals surface area (Å²) in [5.74, 6) is 0.345. The predicted molar refractivity (Wildman–Crippen MR) is 88.1 cm³/mol. The molecule has 1 aromatic heterocycles. The van der Waals surface area contributed by atoms with E-state index in [9.17, 15) is 14.9 Å². The summed E-state index contributed by atoms with van der Waals surface area (Å²) in [7, 11) is 0. The molecule has 1 aliphatic carbocycles. The fourth-order valence-electron chi connectivity index (χ4n) is 3.61. The number of likely N-dealkylation sites (tertiary alicyclic amines) is 1. The largest absolute Gasteiger partial charge is 0.434 e. The van der Waals surface area contributed by atoms with E-state index in [4.69, 9.17) is 5.73 Å². The first kappa shape index (κ1) is 16.6. The minimum atomic E-state index is -0.646. The van der Waals surface area contributed by atoms with Crippen LogP contribution in [0.25, 0.3) is 0 Å². The number of piperidine rings is 1. The van der Waals surface area contributed by atoms with Gasteiger partial charge in [-0.25, -0.2) is 4.57 Å². The van der Waals surface area contributed by atoms with Gasteiger partial charge in [-0.1, -0.05) is 16.6 Å². The van der Waals surface area contributed by atoms with Gasteiger partial charge < -0.3 is 20.7 Å². The Morgan fingerprint density at radius 1 is 1.50 bits per heavy atom. The van der Waals surface area contributed by atoms with Crippen LogP contribution in [0.2, 0.25) is 0 Å². The number of amides is 1. The summed E-state index contributed by atoms with van der Waals surface area (Å²) < 4.78 is 1.42. The molecule has 0 aromatic carbocycles. The third-order valence-corrected chi connectivity index (χ3v) is 4.98. The number of carbonyl (C=O) groups is 1. The molecule has 1 aromatic rings. The average molecular weight is 333 g/mol. The molecule has 0 spiro atoms. The molecule has 2 aliphatic rings. The minimum absolute atomic E-state index is 0.0670. The van der Waals surface area contributed by atoms with Crippen LogP contribution in [0.15, 0.2) is 24.0 Å². The van der Waals surface area contributed by atoms with Crippen molar-refractivity contribution < 1.29 is 9.72 Å². The zero-order chi connectivity index (χ0) is 17.1. The lowest BCUT2D eigenvalue weighted by Crippen LogP contribution is -2.48. The van der Waals surface area contributed by atoms with Crippen molar-refractivity contribution in [1.82, 2.24) is 14.5 Å². The monoisotopic (exact) mass is 333 g/mol. The van der Waals surface area contributed by atoms with Crippen LogP contribution in [-0.2, 0) is 11.3 Å². The summed E-state index contributed by atoms with van der Waals surface area (Å²) >= 11 is 0. The van der Waals surface area contributed by atoms with Crippen LogP contribution in [0.3, 0.4) is 0 Å². The highest BCUT2D eigenvalue weighted by molar-refractivity contribution is 5.82. The Hall–Kier alpha value is -2.22. The maximum Gasteiger partial charge on any atom is 0.434 e. The van der Waals surface area contributed by atoms with Crippen molar-refractivity contribution in [3.63, 3.8) is 0 Å². The van der Waals surface area contributed by atoms with Gasteiger partial charge in [0.25, 0.3) is 0 Å². The van der Waals surface area contributed by atoms with E-state index >= 15 is 0 Å². The molecule has 1 amide bonds. The number of hydrogen-bond donors (Lipinski definition) is 1. The molecule has 8 heteroatoms. The highest BCUT2D eigenvalue weighted by atomic mass is 16.6. The molecule has 8 nitrogen and oxygen atoms in total. The van der Waals surface area contributed by atoms with Crippen molar-refractivity contribution in [3.8, 4) is 0 Å². The van der Waals surface area contributed by atoms with Crippen LogP contribution in [0.5, 0.6) is 0 Å². The van der Waals surface area contributed by atoms with E-state index in [1.807, 2.05) is 4.90 Å². The average Bonchev–Trinajstić information content (AvgIpc) is 3.07. The van der Waals surface area contributed by atoms with Gasteiger partial charge in [-0.15, -0.1) is 0 Å². The quantitative estimate of drug-likeness (QED) is 0.499. The Morgan fingerprint density at radius 3 is 3.12 bits per heavy atom. The summed E-state index contributed by atoms with van der Waals surface area (Å²) in [5, 5.41) is 10.9. The smallest absolute Gasteiger partial charge is 0.390 e. The van der Waals surface area contributed by atoms with Crippen LogP contribution >= 0.6 is 0 Å². The Labute approximate surface area is 140 Å². The number of carbonyl (C=O) groups excluding carboxylic acids is 1. The number of aromatic nitrogens is 2. The molecular weight excluding hydrogens is 310 g/mol. The highest BCUT2D eigenvalue weighted by Crippen LogP contribution is 2.32. The molecule has 24 heavy (non-hydrogen) atoms. The van der Waals surface area contributed by atoms with Gasteiger partial charge >= 0.3 is 5.95 Å². The van der Waals surface area contributed by atoms with Crippen LogP contribution in [0, 0.1) is 16.0 Å². The molecule has 0 bridgehead atoms.